The lowest BCUT2D eigenvalue weighted by Crippen LogP contribution is -2.28. The van der Waals surface area contributed by atoms with Gasteiger partial charge in [-0.25, -0.2) is 0 Å². The lowest BCUT2D eigenvalue weighted by molar-refractivity contribution is -0.119. The molecule has 1 unspecified atom stereocenters. The Morgan fingerprint density at radius 2 is 2.15 bits per heavy atom. The number of amides is 1. The minimum Gasteiger partial charge on any atom is -0.330 e. The van der Waals surface area contributed by atoms with Crippen molar-refractivity contribution in [1.29, 1.82) is 0 Å². The van der Waals surface area contributed by atoms with E-state index in [9.17, 15) is 4.79 Å². The van der Waals surface area contributed by atoms with E-state index in [2.05, 4.69) is 10.4 Å². The molecule has 0 fully saturated rings. The molecule has 1 aromatic carbocycles. The Labute approximate surface area is 118 Å². The fourth-order valence-corrected chi connectivity index (χ4v) is 1.99. The number of anilines is 1. The average Bonchev–Trinajstić information content (AvgIpc) is 2.88. The largest absolute Gasteiger partial charge is 0.330 e. The third kappa shape index (κ3) is 3.68. The monoisotopic (exact) mass is 272 g/mol. The average molecular weight is 272 g/mol. The van der Waals surface area contributed by atoms with Gasteiger partial charge in [0.15, 0.2) is 0 Å². The van der Waals surface area contributed by atoms with E-state index in [0.717, 1.165) is 6.42 Å². The summed E-state index contributed by atoms with van der Waals surface area (Å²) in [7, 11) is 0. The third-order valence-electron chi connectivity index (χ3n) is 3.24. The van der Waals surface area contributed by atoms with Crippen molar-refractivity contribution in [2.45, 2.75) is 19.9 Å². The second-order valence-electron chi connectivity index (χ2n) is 4.74. The zero-order chi connectivity index (χ0) is 14.4. The first kappa shape index (κ1) is 14.3. The molecule has 1 heterocycles. The van der Waals surface area contributed by atoms with E-state index in [1.165, 1.54) is 5.56 Å². The molecule has 0 radical (unpaired) electrons. The molecular formula is C15H20N4O. The minimum atomic E-state index is -0.146. The first-order valence-electron chi connectivity index (χ1n) is 6.80. The predicted molar refractivity (Wildman–Crippen MR) is 79.2 cm³/mol. The summed E-state index contributed by atoms with van der Waals surface area (Å²) in [5, 5.41) is 7.09. The molecule has 1 amide bonds. The van der Waals surface area contributed by atoms with Crippen molar-refractivity contribution in [3.63, 3.8) is 0 Å². The number of nitrogens with one attached hydrogen (secondary N) is 1. The van der Waals surface area contributed by atoms with E-state index in [4.69, 9.17) is 5.73 Å². The summed E-state index contributed by atoms with van der Waals surface area (Å²) in [5.41, 5.74) is 7.44. The van der Waals surface area contributed by atoms with Crippen LogP contribution >= 0.6 is 0 Å². The van der Waals surface area contributed by atoms with Gasteiger partial charge >= 0.3 is 0 Å². The summed E-state index contributed by atoms with van der Waals surface area (Å²) in [4.78, 5) is 11.9. The highest BCUT2D eigenvalue weighted by atomic mass is 16.1. The molecule has 0 spiro atoms. The number of carbonyl (C=O) groups is 1. The molecule has 2 aromatic rings. The SMILES string of the molecule is CCC(CN)C(=O)Nc1cnn(Cc2ccccc2)c1. The van der Waals surface area contributed by atoms with Crippen molar-refractivity contribution in [2.75, 3.05) is 11.9 Å². The maximum absolute atomic E-state index is 11.9. The Hall–Kier alpha value is -2.14. The van der Waals surface area contributed by atoms with Crippen LogP contribution in [-0.4, -0.2) is 22.2 Å². The first-order valence-corrected chi connectivity index (χ1v) is 6.80. The summed E-state index contributed by atoms with van der Waals surface area (Å²) in [6, 6.07) is 10.1. The van der Waals surface area contributed by atoms with Gasteiger partial charge in [0.05, 0.1) is 24.3 Å². The molecule has 2 rings (SSSR count). The molecule has 20 heavy (non-hydrogen) atoms. The summed E-state index contributed by atoms with van der Waals surface area (Å²) in [6.07, 6.45) is 4.22. The normalized spacial score (nSPS) is 12.1. The zero-order valence-electron chi connectivity index (χ0n) is 11.6. The van der Waals surface area contributed by atoms with Crippen molar-refractivity contribution in [1.82, 2.24) is 9.78 Å². The van der Waals surface area contributed by atoms with Crippen LogP contribution in [0.2, 0.25) is 0 Å². The smallest absolute Gasteiger partial charge is 0.228 e. The van der Waals surface area contributed by atoms with Crippen LogP contribution in [0.25, 0.3) is 0 Å². The van der Waals surface area contributed by atoms with Crippen molar-refractivity contribution in [3.8, 4) is 0 Å². The number of hydrogen-bond acceptors (Lipinski definition) is 3. The Morgan fingerprint density at radius 3 is 2.80 bits per heavy atom. The van der Waals surface area contributed by atoms with Gasteiger partial charge in [0, 0.05) is 12.7 Å². The summed E-state index contributed by atoms with van der Waals surface area (Å²) >= 11 is 0. The number of nitrogens with zero attached hydrogens (tertiary/aromatic N) is 2. The van der Waals surface area contributed by atoms with Crippen LogP contribution in [0, 0.1) is 5.92 Å². The summed E-state index contributed by atoms with van der Waals surface area (Å²) in [6.45, 7) is 3.00. The van der Waals surface area contributed by atoms with Crippen molar-refractivity contribution in [3.05, 3.63) is 48.3 Å². The molecular weight excluding hydrogens is 252 g/mol. The zero-order valence-corrected chi connectivity index (χ0v) is 11.6. The molecule has 0 saturated carbocycles. The van der Waals surface area contributed by atoms with E-state index >= 15 is 0 Å². The Balaban J connectivity index is 1.97. The minimum absolute atomic E-state index is 0.0470. The van der Waals surface area contributed by atoms with Crippen molar-refractivity contribution in [2.24, 2.45) is 11.7 Å². The third-order valence-corrected chi connectivity index (χ3v) is 3.24. The number of hydrogen-bond donors (Lipinski definition) is 2. The maximum Gasteiger partial charge on any atom is 0.228 e. The number of aromatic nitrogens is 2. The van der Waals surface area contributed by atoms with Crippen LogP contribution in [0.15, 0.2) is 42.7 Å². The molecule has 1 atom stereocenters. The van der Waals surface area contributed by atoms with Gasteiger partial charge in [-0.15, -0.1) is 0 Å². The van der Waals surface area contributed by atoms with Gasteiger partial charge in [-0.1, -0.05) is 37.3 Å². The lowest BCUT2D eigenvalue weighted by Gasteiger charge is -2.10. The van der Waals surface area contributed by atoms with Crippen LogP contribution in [0.3, 0.4) is 0 Å². The fourth-order valence-electron chi connectivity index (χ4n) is 1.99. The van der Waals surface area contributed by atoms with Crippen LogP contribution in [-0.2, 0) is 11.3 Å². The molecule has 106 valence electrons. The van der Waals surface area contributed by atoms with Crippen LogP contribution in [0.4, 0.5) is 5.69 Å². The number of benzene rings is 1. The molecule has 0 aliphatic heterocycles. The van der Waals surface area contributed by atoms with E-state index in [1.807, 2.05) is 43.5 Å². The molecule has 5 nitrogen and oxygen atoms in total. The van der Waals surface area contributed by atoms with Crippen molar-refractivity contribution >= 4 is 11.6 Å². The van der Waals surface area contributed by atoms with E-state index in [-0.39, 0.29) is 11.8 Å². The van der Waals surface area contributed by atoms with Crippen LogP contribution in [0.1, 0.15) is 18.9 Å². The second-order valence-corrected chi connectivity index (χ2v) is 4.74. The summed E-state index contributed by atoms with van der Waals surface area (Å²) in [5.74, 6) is -0.193. The second kappa shape index (κ2) is 6.86. The fraction of sp³-hybridized carbons (Fsp3) is 0.333. The maximum atomic E-state index is 11.9. The number of rotatable bonds is 6. The molecule has 0 bridgehead atoms. The highest BCUT2D eigenvalue weighted by Gasteiger charge is 2.15. The topological polar surface area (TPSA) is 72.9 Å². The quantitative estimate of drug-likeness (QED) is 0.843. The van der Waals surface area contributed by atoms with Gasteiger partial charge in [-0.2, -0.15) is 5.10 Å². The van der Waals surface area contributed by atoms with Gasteiger partial charge in [-0.05, 0) is 12.0 Å². The Kier molecular flexibility index (Phi) is 4.90. The van der Waals surface area contributed by atoms with Gasteiger partial charge in [0.2, 0.25) is 5.91 Å². The molecule has 1 aromatic heterocycles. The number of carbonyl (C=O) groups excluding carboxylic acids is 1. The van der Waals surface area contributed by atoms with E-state index < -0.39 is 0 Å². The van der Waals surface area contributed by atoms with E-state index in [1.54, 1.807) is 10.9 Å². The van der Waals surface area contributed by atoms with Gasteiger partial charge in [0.1, 0.15) is 0 Å². The first-order chi connectivity index (χ1) is 9.72. The molecule has 0 aliphatic carbocycles. The molecule has 5 heteroatoms. The highest BCUT2D eigenvalue weighted by molar-refractivity contribution is 5.92. The van der Waals surface area contributed by atoms with Crippen LogP contribution in [0.5, 0.6) is 0 Å². The molecule has 0 saturated heterocycles. The van der Waals surface area contributed by atoms with Gasteiger partial charge in [-0.3, -0.25) is 9.48 Å². The summed E-state index contributed by atoms with van der Waals surface area (Å²) < 4.78 is 1.80. The molecule has 0 aliphatic rings. The highest BCUT2D eigenvalue weighted by Crippen LogP contribution is 2.10. The van der Waals surface area contributed by atoms with Crippen LogP contribution < -0.4 is 11.1 Å². The Morgan fingerprint density at radius 1 is 1.40 bits per heavy atom. The lowest BCUT2D eigenvalue weighted by atomic mass is 10.1. The standard InChI is InChI=1S/C15H20N4O/c1-2-13(8-16)15(20)18-14-9-17-19(11-14)10-12-6-4-3-5-7-12/h3-7,9,11,13H,2,8,10,16H2,1H3,(H,18,20). The van der Waals surface area contributed by atoms with Crippen molar-refractivity contribution < 1.29 is 4.79 Å². The predicted octanol–water partition coefficient (Wildman–Crippen LogP) is 1.85. The van der Waals surface area contributed by atoms with Gasteiger partial charge < -0.3 is 11.1 Å². The Bertz CT molecular complexity index is 546. The molecule has 3 N–H and O–H groups in total. The number of nitrogens with two attached hydrogens (primary N) is 1. The van der Waals surface area contributed by atoms with Gasteiger partial charge in [0.25, 0.3) is 0 Å². The van der Waals surface area contributed by atoms with E-state index in [0.29, 0.717) is 18.8 Å².